The lowest BCUT2D eigenvalue weighted by molar-refractivity contribution is -0.154. The number of hydrogen-bond donors (Lipinski definition) is 3. The quantitative estimate of drug-likeness (QED) is 0.348. The average molecular weight is 558 g/mol. The lowest BCUT2D eigenvalue weighted by Gasteiger charge is -2.34. The molecule has 214 valence electrons. The number of aryl methyl sites for hydroxylation is 1. The van der Waals surface area contributed by atoms with Crippen molar-refractivity contribution in [3.63, 3.8) is 0 Å². The number of nitrogens with zero attached hydrogens (tertiary/aromatic N) is 2. The Morgan fingerprint density at radius 1 is 1.28 bits per heavy atom. The molecule has 0 bridgehead atoms. The molecule has 3 heterocycles. The Balaban J connectivity index is 1.94. The zero-order valence-corrected chi connectivity index (χ0v) is 24.8. The Labute approximate surface area is 235 Å². The summed E-state index contributed by atoms with van der Waals surface area (Å²) < 4.78 is 5.92. The number of rotatable bonds is 4. The van der Waals surface area contributed by atoms with Crippen molar-refractivity contribution in [2.24, 2.45) is 17.3 Å². The third-order valence-electron chi connectivity index (χ3n) is 7.86. The van der Waals surface area contributed by atoms with Gasteiger partial charge in [-0.05, 0) is 50.7 Å². The number of cyclic esters (lactones) is 1. The third kappa shape index (κ3) is 8.43. The maximum absolute atomic E-state index is 13.3. The zero-order chi connectivity index (χ0) is 28.7. The first-order valence-corrected chi connectivity index (χ1v) is 14.6. The molecule has 5 atom stereocenters. The van der Waals surface area contributed by atoms with E-state index in [1.54, 1.807) is 44.5 Å². The number of H-pyrrole nitrogens is 1. The van der Waals surface area contributed by atoms with Gasteiger partial charge in [0.15, 0.2) is 0 Å². The fourth-order valence-electron chi connectivity index (χ4n) is 5.09. The molecule has 39 heavy (non-hydrogen) atoms. The number of hydrogen-bond acceptors (Lipinski definition) is 8. The highest BCUT2D eigenvalue weighted by molar-refractivity contribution is 7.09. The topological polar surface area (TPSA) is 125 Å². The normalized spacial score (nSPS) is 28.2. The van der Waals surface area contributed by atoms with Gasteiger partial charge in [0, 0.05) is 36.5 Å². The Bertz CT molecular complexity index is 1170. The second-order valence-corrected chi connectivity index (χ2v) is 12.5. The Kier molecular flexibility index (Phi) is 10.8. The summed E-state index contributed by atoms with van der Waals surface area (Å²) in [6, 6.07) is 0. The number of aliphatic hydroxyl groups excluding tert-OH is 2. The Hall–Kier alpha value is -2.62. The van der Waals surface area contributed by atoms with E-state index in [0.717, 1.165) is 46.9 Å². The van der Waals surface area contributed by atoms with Gasteiger partial charge in [-0.3, -0.25) is 9.59 Å². The molecule has 1 aliphatic rings. The van der Waals surface area contributed by atoms with Crippen molar-refractivity contribution >= 4 is 29.2 Å². The molecule has 0 saturated carbocycles. The summed E-state index contributed by atoms with van der Waals surface area (Å²) in [5.41, 5.74) is 1.59. The number of carbonyl (C=O) groups is 2. The standard InChI is InChI=1S/C30H43N3O5S/c1-18-8-7-9-22(15-26-31-12-13-32-26)10-11-24(19(2)14-23-17-39-21(4)33-23)38-27(35)16-25(34)30(5,6)29(37)20(3)28(18)36/h10,12-14,17-18,20,24-25,28,34,36H,7-9,11,15-16H2,1-6H3,(H,31,32)/t18-,20+,24-,25-,28-/m0/s1. The summed E-state index contributed by atoms with van der Waals surface area (Å²) in [6.45, 7) is 10.8. The average Bonchev–Trinajstić information content (AvgIpc) is 3.55. The van der Waals surface area contributed by atoms with E-state index in [2.05, 4.69) is 21.0 Å². The van der Waals surface area contributed by atoms with Crippen molar-refractivity contribution in [2.45, 2.75) is 98.4 Å². The van der Waals surface area contributed by atoms with Crippen LogP contribution in [0.25, 0.3) is 6.08 Å². The molecule has 0 aliphatic carbocycles. The van der Waals surface area contributed by atoms with Gasteiger partial charge in [-0.15, -0.1) is 11.3 Å². The van der Waals surface area contributed by atoms with Crippen molar-refractivity contribution in [1.29, 1.82) is 0 Å². The molecule has 0 amide bonds. The van der Waals surface area contributed by atoms with E-state index in [-0.39, 0.29) is 18.1 Å². The monoisotopic (exact) mass is 557 g/mol. The minimum atomic E-state index is -1.24. The van der Waals surface area contributed by atoms with Gasteiger partial charge in [-0.2, -0.15) is 0 Å². The molecule has 0 saturated heterocycles. The van der Waals surface area contributed by atoms with Crippen molar-refractivity contribution in [3.8, 4) is 0 Å². The van der Waals surface area contributed by atoms with E-state index in [1.165, 1.54) is 0 Å². The first-order chi connectivity index (χ1) is 18.4. The second-order valence-electron chi connectivity index (χ2n) is 11.4. The summed E-state index contributed by atoms with van der Waals surface area (Å²) >= 11 is 1.55. The Morgan fingerprint density at radius 3 is 2.67 bits per heavy atom. The van der Waals surface area contributed by atoms with Gasteiger partial charge in [-0.25, -0.2) is 9.97 Å². The minimum Gasteiger partial charge on any atom is -0.457 e. The van der Waals surface area contributed by atoms with Crippen LogP contribution in [0.4, 0.5) is 0 Å². The fraction of sp³-hybridized carbons (Fsp3) is 0.600. The van der Waals surface area contributed by atoms with Crippen LogP contribution in [0.1, 0.15) is 83.2 Å². The minimum absolute atomic E-state index is 0.0980. The van der Waals surface area contributed by atoms with Gasteiger partial charge >= 0.3 is 5.97 Å². The van der Waals surface area contributed by atoms with Gasteiger partial charge in [0.25, 0.3) is 0 Å². The summed E-state index contributed by atoms with van der Waals surface area (Å²) in [5.74, 6) is -0.762. The lowest BCUT2D eigenvalue weighted by Crippen LogP contribution is -2.45. The van der Waals surface area contributed by atoms with E-state index in [4.69, 9.17) is 4.74 Å². The number of aromatic nitrogens is 3. The van der Waals surface area contributed by atoms with Crippen LogP contribution in [0, 0.1) is 24.2 Å². The molecule has 9 heteroatoms. The summed E-state index contributed by atoms with van der Waals surface area (Å²) in [6.07, 6.45) is 8.07. The number of aromatic amines is 1. The molecule has 8 nitrogen and oxygen atoms in total. The van der Waals surface area contributed by atoms with Gasteiger partial charge in [0.2, 0.25) is 0 Å². The highest BCUT2D eigenvalue weighted by atomic mass is 32.1. The number of ketones is 1. The molecule has 0 aromatic carbocycles. The summed E-state index contributed by atoms with van der Waals surface area (Å²) in [4.78, 5) is 38.4. The van der Waals surface area contributed by atoms with Gasteiger partial charge < -0.3 is 19.9 Å². The van der Waals surface area contributed by atoms with Gasteiger partial charge in [-0.1, -0.05) is 39.3 Å². The van der Waals surface area contributed by atoms with Crippen molar-refractivity contribution in [2.75, 3.05) is 0 Å². The number of imidazole rings is 1. The molecule has 0 fully saturated rings. The molecule has 1 aliphatic heterocycles. The maximum atomic E-state index is 13.3. The number of Topliss-reactive ketones (excluding diaryl/α,β-unsaturated/α-hetero) is 1. The van der Waals surface area contributed by atoms with E-state index >= 15 is 0 Å². The Morgan fingerprint density at radius 2 is 2.03 bits per heavy atom. The second kappa shape index (κ2) is 13.6. The van der Waals surface area contributed by atoms with E-state index in [0.29, 0.717) is 12.8 Å². The highest BCUT2D eigenvalue weighted by Gasteiger charge is 2.42. The molecule has 0 radical (unpaired) electrons. The van der Waals surface area contributed by atoms with Gasteiger partial charge in [0.05, 0.1) is 34.7 Å². The lowest BCUT2D eigenvalue weighted by atomic mass is 9.73. The molecule has 0 unspecified atom stereocenters. The van der Waals surface area contributed by atoms with Crippen molar-refractivity contribution in [1.82, 2.24) is 15.0 Å². The zero-order valence-electron chi connectivity index (χ0n) is 23.9. The smallest absolute Gasteiger partial charge is 0.309 e. The number of thiazole rings is 1. The predicted molar refractivity (Wildman–Crippen MR) is 153 cm³/mol. The SMILES string of the molecule is CC(=Cc1csc(C)n1)[C@@H]1CC=C(Cc2ncc[nH]2)CCC[C@H](C)[C@H](O)[C@@H](C)C(=O)C(C)(C)[C@@H](O)CC(=O)O1. The molecule has 3 rings (SSSR count). The van der Waals surface area contributed by atoms with E-state index in [9.17, 15) is 19.8 Å². The van der Waals surface area contributed by atoms with Crippen LogP contribution in [0.15, 0.2) is 35.0 Å². The number of nitrogens with one attached hydrogen (secondary N) is 1. The van der Waals surface area contributed by atoms with E-state index < -0.39 is 35.6 Å². The van der Waals surface area contributed by atoms with Crippen molar-refractivity contribution in [3.05, 3.63) is 51.5 Å². The molecule has 3 N–H and O–H groups in total. The molecule has 2 aromatic heterocycles. The molecular formula is C30H43N3O5S. The first-order valence-electron chi connectivity index (χ1n) is 13.7. The fourth-order valence-corrected chi connectivity index (χ4v) is 5.66. The van der Waals surface area contributed by atoms with Crippen LogP contribution in [-0.4, -0.2) is 55.2 Å². The number of carbonyl (C=O) groups excluding carboxylic acids is 2. The van der Waals surface area contributed by atoms with Crippen LogP contribution >= 0.6 is 11.3 Å². The van der Waals surface area contributed by atoms with Crippen LogP contribution in [0.5, 0.6) is 0 Å². The third-order valence-corrected chi connectivity index (χ3v) is 8.65. The van der Waals surface area contributed by atoms with Crippen LogP contribution < -0.4 is 0 Å². The number of allylic oxidation sites excluding steroid dienone is 1. The number of aliphatic hydroxyl groups is 2. The largest absolute Gasteiger partial charge is 0.457 e. The van der Waals surface area contributed by atoms with Crippen LogP contribution in [-0.2, 0) is 20.7 Å². The first kappa shape index (κ1) is 30.9. The molecule has 2 aromatic rings. The summed E-state index contributed by atoms with van der Waals surface area (Å²) in [5, 5.41) is 24.8. The van der Waals surface area contributed by atoms with Crippen LogP contribution in [0.3, 0.4) is 0 Å². The highest BCUT2D eigenvalue weighted by Crippen LogP contribution is 2.32. The molecular weight excluding hydrogens is 514 g/mol. The van der Waals surface area contributed by atoms with Crippen LogP contribution in [0.2, 0.25) is 0 Å². The van der Waals surface area contributed by atoms with E-state index in [1.807, 2.05) is 32.2 Å². The predicted octanol–water partition coefficient (Wildman–Crippen LogP) is 5.21. The molecule has 0 spiro atoms. The van der Waals surface area contributed by atoms with Gasteiger partial charge in [0.1, 0.15) is 17.7 Å². The summed E-state index contributed by atoms with van der Waals surface area (Å²) in [7, 11) is 0. The number of esters is 1. The number of ether oxygens (including phenoxy) is 1. The maximum Gasteiger partial charge on any atom is 0.309 e. The van der Waals surface area contributed by atoms with Crippen molar-refractivity contribution < 1.29 is 24.5 Å².